The maximum absolute atomic E-state index is 9.23. The normalized spacial score (nSPS) is 12.3. The van der Waals surface area contributed by atoms with Crippen LogP contribution in [0.1, 0.15) is 11.1 Å². The second kappa shape index (κ2) is 7.20. The molecule has 1 aromatic carbocycles. The number of hydrogen-bond acceptors (Lipinski definition) is 5. The highest BCUT2D eigenvalue weighted by Gasteiger charge is 2.09. The van der Waals surface area contributed by atoms with Gasteiger partial charge in [0.1, 0.15) is 0 Å². The Hall–Kier alpha value is -1.30. The minimum atomic E-state index is -0.731. The third-order valence-electron chi connectivity index (χ3n) is 2.75. The summed E-state index contributed by atoms with van der Waals surface area (Å²) in [5.41, 5.74) is 2.15. The van der Waals surface area contributed by atoms with Crippen molar-refractivity contribution in [2.24, 2.45) is 0 Å². The highest BCUT2D eigenvalue weighted by molar-refractivity contribution is 5.46. The second-order valence-electron chi connectivity index (χ2n) is 4.10. The van der Waals surface area contributed by atoms with E-state index in [-0.39, 0.29) is 6.61 Å². The summed E-state index contributed by atoms with van der Waals surface area (Å²) in [5, 5.41) is 21.0. The smallest absolute Gasteiger partial charge is 0.161 e. The number of methoxy groups -OCH3 is 2. The monoisotopic (exact) mass is 255 g/mol. The van der Waals surface area contributed by atoms with Crippen LogP contribution in [0.4, 0.5) is 0 Å². The highest BCUT2D eigenvalue weighted by atomic mass is 16.5. The van der Waals surface area contributed by atoms with Crippen molar-refractivity contribution >= 4 is 0 Å². The van der Waals surface area contributed by atoms with Gasteiger partial charge in [-0.2, -0.15) is 0 Å². The predicted octanol–water partition coefficient (Wildman–Crippen LogP) is 0.455. The molecule has 0 bridgehead atoms. The number of ether oxygens (including phenoxy) is 2. The van der Waals surface area contributed by atoms with Gasteiger partial charge in [-0.25, -0.2) is 0 Å². The molecule has 5 heteroatoms. The first kappa shape index (κ1) is 14.8. The van der Waals surface area contributed by atoms with Crippen molar-refractivity contribution in [3.05, 3.63) is 23.3 Å². The van der Waals surface area contributed by atoms with Crippen LogP contribution in [0.2, 0.25) is 0 Å². The molecule has 1 unspecified atom stereocenters. The van der Waals surface area contributed by atoms with Crippen LogP contribution in [-0.4, -0.2) is 43.7 Å². The molecule has 0 fully saturated rings. The van der Waals surface area contributed by atoms with Crippen molar-refractivity contribution in [2.75, 3.05) is 27.4 Å². The lowest BCUT2D eigenvalue weighted by atomic mass is 10.1. The molecule has 0 saturated carbocycles. The van der Waals surface area contributed by atoms with Gasteiger partial charge in [0.25, 0.3) is 0 Å². The van der Waals surface area contributed by atoms with Gasteiger partial charge < -0.3 is 25.0 Å². The number of hydrogen-bond donors (Lipinski definition) is 3. The molecule has 3 N–H and O–H groups in total. The molecule has 1 rings (SSSR count). The van der Waals surface area contributed by atoms with E-state index in [1.54, 1.807) is 14.2 Å². The second-order valence-corrected chi connectivity index (χ2v) is 4.10. The van der Waals surface area contributed by atoms with Crippen molar-refractivity contribution in [1.29, 1.82) is 0 Å². The van der Waals surface area contributed by atoms with E-state index < -0.39 is 6.10 Å². The van der Waals surface area contributed by atoms with Crippen LogP contribution in [0.15, 0.2) is 12.1 Å². The summed E-state index contributed by atoms with van der Waals surface area (Å²) < 4.78 is 10.5. The molecule has 0 aromatic heterocycles. The van der Waals surface area contributed by atoms with E-state index in [1.807, 2.05) is 19.1 Å². The van der Waals surface area contributed by atoms with E-state index in [2.05, 4.69) is 5.32 Å². The summed E-state index contributed by atoms with van der Waals surface area (Å²) in [4.78, 5) is 0. The zero-order valence-electron chi connectivity index (χ0n) is 11.1. The van der Waals surface area contributed by atoms with Crippen LogP contribution in [-0.2, 0) is 6.54 Å². The van der Waals surface area contributed by atoms with E-state index in [0.29, 0.717) is 24.6 Å². The van der Waals surface area contributed by atoms with Gasteiger partial charge in [0.05, 0.1) is 26.9 Å². The van der Waals surface area contributed by atoms with Crippen molar-refractivity contribution in [2.45, 2.75) is 19.6 Å². The third kappa shape index (κ3) is 3.87. The van der Waals surface area contributed by atoms with E-state index in [0.717, 1.165) is 11.1 Å². The zero-order chi connectivity index (χ0) is 13.5. The summed E-state index contributed by atoms with van der Waals surface area (Å²) >= 11 is 0. The van der Waals surface area contributed by atoms with Gasteiger partial charge in [0.2, 0.25) is 0 Å². The maximum Gasteiger partial charge on any atom is 0.161 e. The summed E-state index contributed by atoms with van der Waals surface area (Å²) in [6, 6.07) is 3.82. The fourth-order valence-electron chi connectivity index (χ4n) is 1.65. The molecule has 0 amide bonds. The molecule has 1 aromatic rings. The Balaban J connectivity index is 2.71. The molecule has 0 saturated heterocycles. The molecule has 0 heterocycles. The van der Waals surface area contributed by atoms with Crippen molar-refractivity contribution < 1.29 is 19.7 Å². The quantitative estimate of drug-likeness (QED) is 0.660. The van der Waals surface area contributed by atoms with Gasteiger partial charge in [0.15, 0.2) is 11.5 Å². The van der Waals surface area contributed by atoms with Gasteiger partial charge in [-0.15, -0.1) is 0 Å². The molecule has 0 spiro atoms. The van der Waals surface area contributed by atoms with E-state index in [1.165, 1.54) is 0 Å². The zero-order valence-corrected chi connectivity index (χ0v) is 11.1. The van der Waals surface area contributed by atoms with Crippen LogP contribution < -0.4 is 14.8 Å². The number of rotatable bonds is 7. The molecule has 5 nitrogen and oxygen atoms in total. The van der Waals surface area contributed by atoms with E-state index in [9.17, 15) is 5.11 Å². The Morgan fingerprint density at radius 1 is 1.22 bits per heavy atom. The van der Waals surface area contributed by atoms with Crippen LogP contribution >= 0.6 is 0 Å². The van der Waals surface area contributed by atoms with Gasteiger partial charge >= 0.3 is 0 Å². The van der Waals surface area contributed by atoms with Crippen LogP contribution in [0.25, 0.3) is 0 Å². The topological polar surface area (TPSA) is 71.0 Å². The number of benzene rings is 1. The van der Waals surface area contributed by atoms with E-state index >= 15 is 0 Å². The fraction of sp³-hybridized carbons (Fsp3) is 0.538. The van der Waals surface area contributed by atoms with E-state index in [4.69, 9.17) is 14.6 Å². The lowest BCUT2D eigenvalue weighted by Gasteiger charge is -2.14. The molecule has 1 atom stereocenters. The number of aliphatic hydroxyl groups is 2. The first-order valence-electron chi connectivity index (χ1n) is 5.83. The standard InChI is InChI=1S/C13H21NO4/c1-9-4-12(17-2)13(18-3)5-10(9)6-14-7-11(16)8-15/h4-5,11,14-16H,6-8H2,1-3H3. The molecular weight excluding hydrogens is 234 g/mol. The Labute approximate surface area is 107 Å². The van der Waals surface area contributed by atoms with Gasteiger partial charge in [-0.05, 0) is 30.2 Å². The molecule has 0 aliphatic carbocycles. The first-order chi connectivity index (χ1) is 8.62. The Morgan fingerprint density at radius 3 is 2.39 bits per heavy atom. The van der Waals surface area contributed by atoms with Gasteiger partial charge in [-0.3, -0.25) is 0 Å². The number of nitrogens with one attached hydrogen (secondary N) is 1. The van der Waals surface area contributed by atoms with Crippen molar-refractivity contribution in [1.82, 2.24) is 5.32 Å². The molecule has 18 heavy (non-hydrogen) atoms. The molecule has 0 radical (unpaired) electrons. The summed E-state index contributed by atoms with van der Waals surface area (Å²) in [6.45, 7) is 2.70. The largest absolute Gasteiger partial charge is 0.493 e. The average molecular weight is 255 g/mol. The maximum atomic E-state index is 9.23. The fourth-order valence-corrected chi connectivity index (χ4v) is 1.65. The minimum Gasteiger partial charge on any atom is -0.493 e. The Kier molecular flexibility index (Phi) is 5.91. The summed E-state index contributed by atoms with van der Waals surface area (Å²) in [7, 11) is 3.20. The summed E-state index contributed by atoms with van der Waals surface area (Å²) in [6.07, 6.45) is -0.731. The Morgan fingerprint density at radius 2 is 1.83 bits per heavy atom. The van der Waals surface area contributed by atoms with Crippen LogP contribution in [0, 0.1) is 6.92 Å². The predicted molar refractivity (Wildman–Crippen MR) is 69.1 cm³/mol. The average Bonchev–Trinajstić information content (AvgIpc) is 2.39. The SMILES string of the molecule is COc1cc(C)c(CNCC(O)CO)cc1OC. The van der Waals surface area contributed by atoms with Crippen molar-refractivity contribution in [3.8, 4) is 11.5 Å². The van der Waals surface area contributed by atoms with Crippen molar-refractivity contribution in [3.63, 3.8) is 0 Å². The van der Waals surface area contributed by atoms with Gasteiger partial charge in [-0.1, -0.05) is 0 Å². The molecule has 0 aliphatic rings. The lowest BCUT2D eigenvalue weighted by Crippen LogP contribution is -2.29. The first-order valence-corrected chi connectivity index (χ1v) is 5.83. The molecular formula is C13H21NO4. The highest BCUT2D eigenvalue weighted by Crippen LogP contribution is 2.30. The Bertz CT molecular complexity index is 381. The lowest BCUT2D eigenvalue weighted by molar-refractivity contribution is 0.0942. The van der Waals surface area contributed by atoms with Crippen LogP contribution in [0.3, 0.4) is 0 Å². The molecule has 102 valence electrons. The summed E-state index contributed by atoms with van der Waals surface area (Å²) in [5.74, 6) is 1.39. The number of aliphatic hydroxyl groups excluding tert-OH is 2. The minimum absolute atomic E-state index is 0.238. The van der Waals surface area contributed by atoms with Gasteiger partial charge in [0, 0.05) is 13.1 Å². The van der Waals surface area contributed by atoms with Crippen LogP contribution in [0.5, 0.6) is 11.5 Å². The third-order valence-corrected chi connectivity index (χ3v) is 2.75. The molecule has 0 aliphatic heterocycles. The number of aryl methyl sites for hydroxylation is 1.